The van der Waals surface area contributed by atoms with Gasteiger partial charge in [-0.15, -0.1) is 0 Å². The van der Waals surface area contributed by atoms with Crippen molar-refractivity contribution in [3.63, 3.8) is 0 Å². The molecule has 0 N–H and O–H groups in total. The topological polar surface area (TPSA) is 54.3 Å². The molecule has 0 aliphatic carbocycles. The number of halogens is 3. The fourth-order valence-corrected chi connectivity index (χ4v) is 2.89. The number of nitrogens with zero attached hydrogens (tertiary/aromatic N) is 5. The van der Waals surface area contributed by atoms with Gasteiger partial charge in [-0.05, 0) is 24.6 Å². The van der Waals surface area contributed by atoms with E-state index in [9.17, 15) is 18.0 Å². The smallest absolute Gasteiger partial charge is 0.338 e. The normalized spacial score (nSPS) is 16.1. The first-order chi connectivity index (χ1) is 12.2. The maximum atomic E-state index is 12.9. The molecule has 1 saturated heterocycles. The zero-order valence-electron chi connectivity index (χ0n) is 14.6. The molecule has 9 heteroatoms. The van der Waals surface area contributed by atoms with E-state index in [0.717, 1.165) is 11.6 Å². The Morgan fingerprint density at radius 1 is 1.12 bits per heavy atom. The number of hydrogen-bond acceptors (Lipinski definition) is 5. The Labute approximate surface area is 148 Å². The molecule has 1 fully saturated rings. The van der Waals surface area contributed by atoms with Crippen LogP contribution in [0.1, 0.15) is 17.0 Å². The van der Waals surface area contributed by atoms with Crippen LogP contribution in [-0.2, 0) is 19.8 Å². The first kappa shape index (κ1) is 18.4. The molecule has 26 heavy (non-hydrogen) atoms. The Morgan fingerprint density at radius 3 is 2.42 bits per heavy atom. The van der Waals surface area contributed by atoms with Crippen LogP contribution in [0.4, 0.5) is 19.1 Å². The van der Waals surface area contributed by atoms with Gasteiger partial charge >= 0.3 is 6.18 Å². The maximum Gasteiger partial charge on any atom is 0.433 e. The average Bonchev–Trinajstić information content (AvgIpc) is 2.57. The predicted octanol–water partition coefficient (Wildman–Crippen LogP) is 1.82. The monoisotopic (exact) mass is 367 g/mol. The zero-order chi connectivity index (χ0) is 18.9. The first-order valence-corrected chi connectivity index (χ1v) is 8.28. The summed E-state index contributed by atoms with van der Waals surface area (Å²) in [4.78, 5) is 23.5. The van der Waals surface area contributed by atoms with Crippen LogP contribution in [0.15, 0.2) is 29.2 Å². The van der Waals surface area contributed by atoms with Crippen molar-refractivity contribution in [2.24, 2.45) is 7.05 Å². The SMILES string of the molecule is Cc1cc(C(F)(F)F)nc(N2CCN(Cc3ccn(C)c(=O)c3)CC2)n1. The van der Waals surface area contributed by atoms with Gasteiger partial charge in [0.25, 0.3) is 5.56 Å². The summed E-state index contributed by atoms with van der Waals surface area (Å²) in [5.74, 6) is 0.116. The molecule has 3 rings (SSSR count). The van der Waals surface area contributed by atoms with Gasteiger partial charge in [-0.25, -0.2) is 9.97 Å². The second-order valence-electron chi connectivity index (χ2n) is 6.44. The molecule has 0 radical (unpaired) electrons. The van der Waals surface area contributed by atoms with Crippen molar-refractivity contribution in [2.45, 2.75) is 19.6 Å². The third kappa shape index (κ3) is 4.21. The first-order valence-electron chi connectivity index (χ1n) is 8.28. The summed E-state index contributed by atoms with van der Waals surface area (Å²) < 4.78 is 40.3. The zero-order valence-corrected chi connectivity index (χ0v) is 14.6. The number of alkyl halides is 3. The van der Waals surface area contributed by atoms with E-state index >= 15 is 0 Å². The molecule has 3 heterocycles. The molecule has 2 aromatic rings. The van der Waals surface area contributed by atoms with Gasteiger partial charge in [-0.2, -0.15) is 13.2 Å². The molecular formula is C17H20F3N5O. The fourth-order valence-electron chi connectivity index (χ4n) is 2.89. The lowest BCUT2D eigenvalue weighted by Gasteiger charge is -2.35. The van der Waals surface area contributed by atoms with Crippen molar-refractivity contribution >= 4 is 5.95 Å². The Balaban J connectivity index is 1.66. The minimum absolute atomic E-state index is 0.0611. The fraction of sp³-hybridized carbons (Fsp3) is 0.471. The van der Waals surface area contributed by atoms with Gasteiger partial charge in [0.1, 0.15) is 5.69 Å². The number of aromatic nitrogens is 3. The summed E-state index contributed by atoms with van der Waals surface area (Å²) in [5.41, 5.74) is 0.245. The van der Waals surface area contributed by atoms with Gasteiger partial charge in [0.2, 0.25) is 5.95 Å². The van der Waals surface area contributed by atoms with Crippen molar-refractivity contribution < 1.29 is 13.2 Å². The standard InChI is InChI=1S/C17H20F3N5O/c1-12-9-14(17(18,19)20)22-16(21-12)25-7-5-24(6-8-25)11-13-3-4-23(2)15(26)10-13/h3-4,9-10H,5-8,11H2,1-2H3. The lowest BCUT2D eigenvalue weighted by atomic mass is 10.2. The van der Waals surface area contributed by atoms with Crippen molar-refractivity contribution in [1.29, 1.82) is 0 Å². The van der Waals surface area contributed by atoms with E-state index in [4.69, 9.17) is 0 Å². The molecule has 1 aliphatic heterocycles. The summed E-state index contributed by atoms with van der Waals surface area (Å²) in [6, 6.07) is 4.45. The highest BCUT2D eigenvalue weighted by molar-refractivity contribution is 5.34. The van der Waals surface area contributed by atoms with Crippen LogP contribution in [0, 0.1) is 6.92 Å². The molecule has 1 aliphatic rings. The molecule has 0 saturated carbocycles. The van der Waals surface area contributed by atoms with Crippen molar-refractivity contribution in [2.75, 3.05) is 31.1 Å². The van der Waals surface area contributed by atoms with Crippen molar-refractivity contribution in [3.8, 4) is 0 Å². The van der Waals surface area contributed by atoms with E-state index in [1.165, 1.54) is 11.5 Å². The van der Waals surface area contributed by atoms with Gasteiger partial charge in [-0.3, -0.25) is 9.69 Å². The Kier molecular flexibility index (Phi) is 4.99. The predicted molar refractivity (Wildman–Crippen MR) is 90.9 cm³/mol. The quantitative estimate of drug-likeness (QED) is 0.829. The molecule has 2 aromatic heterocycles. The van der Waals surface area contributed by atoms with Crippen LogP contribution >= 0.6 is 0 Å². The van der Waals surface area contributed by atoms with Crippen LogP contribution in [0.5, 0.6) is 0 Å². The van der Waals surface area contributed by atoms with Gasteiger partial charge in [0.05, 0.1) is 0 Å². The molecule has 0 atom stereocenters. The lowest BCUT2D eigenvalue weighted by Crippen LogP contribution is -2.46. The molecule has 0 unspecified atom stereocenters. The van der Waals surface area contributed by atoms with E-state index in [1.54, 1.807) is 24.2 Å². The molecule has 0 aromatic carbocycles. The molecular weight excluding hydrogens is 347 g/mol. The highest BCUT2D eigenvalue weighted by Crippen LogP contribution is 2.29. The molecule has 6 nitrogen and oxygen atoms in total. The number of hydrogen-bond donors (Lipinski definition) is 0. The van der Waals surface area contributed by atoms with E-state index in [2.05, 4.69) is 14.9 Å². The number of anilines is 1. The Bertz CT molecular complexity index is 841. The molecule has 140 valence electrons. The second-order valence-corrected chi connectivity index (χ2v) is 6.44. The van der Waals surface area contributed by atoms with E-state index in [1.807, 2.05) is 6.07 Å². The maximum absolute atomic E-state index is 12.9. The number of piperazine rings is 1. The van der Waals surface area contributed by atoms with Gasteiger partial charge in [-0.1, -0.05) is 0 Å². The van der Waals surface area contributed by atoms with Crippen LogP contribution in [0.2, 0.25) is 0 Å². The van der Waals surface area contributed by atoms with Crippen molar-refractivity contribution in [1.82, 2.24) is 19.4 Å². The summed E-state index contributed by atoms with van der Waals surface area (Å²) in [5, 5.41) is 0. The Hall–Kier alpha value is -2.42. The molecule has 0 bridgehead atoms. The third-order valence-corrected chi connectivity index (χ3v) is 4.36. The van der Waals surface area contributed by atoms with Gasteiger partial charge < -0.3 is 9.47 Å². The van der Waals surface area contributed by atoms with Gasteiger partial charge in [0, 0.05) is 57.7 Å². The van der Waals surface area contributed by atoms with Crippen LogP contribution in [0.25, 0.3) is 0 Å². The average molecular weight is 367 g/mol. The minimum atomic E-state index is -4.48. The largest absolute Gasteiger partial charge is 0.433 e. The number of pyridine rings is 1. The summed E-state index contributed by atoms with van der Waals surface area (Å²) in [6.07, 6.45) is -2.75. The minimum Gasteiger partial charge on any atom is -0.338 e. The number of rotatable bonds is 3. The molecule has 0 amide bonds. The van der Waals surface area contributed by atoms with Crippen LogP contribution in [0.3, 0.4) is 0 Å². The number of aryl methyl sites for hydroxylation is 2. The van der Waals surface area contributed by atoms with Crippen LogP contribution < -0.4 is 10.5 Å². The highest BCUT2D eigenvalue weighted by Gasteiger charge is 2.34. The van der Waals surface area contributed by atoms with Crippen molar-refractivity contribution in [3.05, 3.63) is 51.7 Å². The summed E-state index contributed by atoms with van der Waals surface area (Å²) >= 11 is 0. The van der Waals surface area contributed by atoms with Gasteiger partial charge in [0.15, 0.2) is 0 Å². The molecule has 0 spiro atoms. The Morgan fingerprint density at radius 2 is 1.81 bits per heavy atom. The van der Waals surface area contributed by atoms with E-state index in [0.29, 0.717) is 38.4 Å². The summed E-state index contributed by atoms with van der Waals surface area (Å²) in [6.45, 7) is 4.55. The van der Waals surface area contributed by atoms with E-state index in [-0.39, 0.29) is 11.5 Å². The third-order valence-electron chi connectivity index (χ3n) is 4.36. The highest BCUT2D eigenvalue weighted by atomic mass is 19.4. The van der Waals surface area contributed by atoms with E-state index < -0.39 is 11.9 Å². The van der Waals surface area contributed by atoms with Crippen LogP contribution in [-0.4, -0.2) is 45.6 Å². The summed E-state index contributed by atoms with van der Waals surface area (Å²) in [7, 11) is 1.70. The second kappa shape index (κ2) is 7.06. The lowest BCUT2D eigenvalue weighted by molar-refractivity contribution is -0.141.